The van der Waals surface area contributed by atoms with Crippen molar-refractivity contribution >= 4 is 28.9 Å². The highest BCUT2D eigenvalue weighted by atomic mass is 32.1. The van der Waals surface area contributed by atoms with Crippen molar-refractivity contribution in [2.24, 2.45) is 0 Å². The van der Waals surface area contributed by atoms with Crippen molar-refractivity contribution in [1.82, 2.24) is 4.98 Å². The number of hydrogen-bond donors (Lipinski definition) is 0. The van der Waals surface area contributed by atoms with Crippen molar-refractivity contribution in [1.29, 1.82) is 0 Å². The molecular weight excluding hydrogens is 440 g/mol. The lowest BCUT2D eigenvalue weighted by Crippen LogP contribution is -2.48. The third-order valence-corrected chi connectivity index (χ3v) is 6.14. The zero-order chi connectivity index (χ0) is 23.4. The first kappa shape index (κ1) is 22.8. The second-order valence-corrected chi connectivity index (χ2v) is 9.05. The Morgan fingerprint density at radius 3 is 2.64 bits per heavy atom. The summed E-state index contributed by atoms with van der Waals surface area (Å²) in [4.78, 5) is 32.8. The van der Waals surface area contributed by atoms with E-state index in [0.29, 0.717) is 23.6 Å². The number of esters is 1. The molecule has 1 aliphatic heterocycles. The molecule has 2 aromatic carbocycles. The molecule has 0 spiro atoms. The quantitative estimate of drug-likeness (QED) is 0.358. The third-order valence-electron chi connectivity index (χ3n) is 5.25. The van der Waals surface area contributed by atoms with E-state index >= 15 is 0 Å². The molecule has 1 unspecified atom stereocenters. The number of aromatic nitrogens is 1. The number of rotatable bonds is 8. The normalized spacial score (nSPS) is 15.1. The molecule has 7 nitrogen and oxygen atoms in total. The number of carbonyl (C=O) groups is 2. The summed E-state index contributed by atoms with van der Waals surface area (Å²) in [5.74, 6) is 0.506. The summed E-state index contributed by atoms with van der Waals surface area (Å²) < 4.78 is 16.8. The van der Waals surface area contributed by atoms with Crippen molar-refractivity contribution in [3.05, 3.63) is 58.4 Å². The lowest BCUT2D eigenvalue weighted by atomic mass is 10.1. The Bertz CT molecular complexity index is 1140. The van der Waals surface area contributed by atoms with Crippen molar-refractivity contribution in [3.8, 4) is 22.8 Å². The largest absolute Gasteiger partial charge is 0.490 e. The molecule has 0 saturated carbocycles. The molecule has 1 atom stereocenters. The van der Waals surface area contributed by atoms with E-state index in [1.165, 1.54) is 4.90 Å². The van der Waals surface area contributed by atoms with Gasteiger partial charge in [0.25, 0.3) is 5.91 Å². The molecule has 4 rings (SSSR count). The molecule has 2 heterocycles. The highest BCUT2D eigenvalue weighted by molar-refractivity contribution is 7.11. The van der Waals surface area contributed by atoms with Crippen LogP contribution in [0.1, 0.15) is 23.2 Å². The van der Waals surface area contributed by atoms with Crippen LogP contribution < -0.4 is 14.4 Å². The summed E-state index contributed by atoms with van der Waals surface area (Å²) in [6, 6.07) is 14.9. The van der Waals surface area contributed by atoms with Crippen LogP contribution in [0, 0.1) is 13.8 Å². The SMILES string of the molecule is CCC1Oc2ccc(-c3nc(C)sc3C)cc2N(CC(=O)OCCOc2ccccc2)C1=O. The number of anilines is 1. The monoisotopic (exact) mass is 466 g/mol. The predicted molar refractivity (Wildman–Crippen MR) is 127 cm³/mol. The van der Waals surface area contributed by atoms with Gasteiger partial charge in [-0.25, -0.2) is 4.98 Å². The fourth-order valence-electron chi connectivity index (χ4n) is 3.70. The zero-order valence-electron chi connectivity index (χ0n) is 18.9. The molecule has 33 heavy (non-hydrogen) atoms. The van der Waals surface area contributed by atoms with Gasteiger partial charge in [-0.2, -0.15) is 0 Å². The van der Waals surface area contributed by atoms with E-state index in [2.05, 4.69) is 4.98 Å². The number of ether oxygens (including phenoxy) is 3. The van der Waals surface area contributed by atoms with Crippen LogP contribution in [0.5, 0.6) is 11.5 Å². The number of fused-ring (bicyclic) bond motifs is 1. The van der Waals surface area contributed by atoms with Crippen LogP contribution in [0.4, 0.5) is 5.69 Å². The molecule has 1 aromatic heterocycles. The molecule has 8 heteroatoms. The number of carbonyl (C=O) groups excluding carboxylic acids is 2. The first-order valence-electron chi connectivity index (χ1n) is 10.9. The molecule has 1 amide bonds. The Kier molecular flexibility index (Phi) is 6.93. The number of para-hydroxylation sites is 1. The van der Waals surface area contributed by atoms with Gasteiger partial charge in [0.2, 0.25) is 0 Å². The highest BCUT2D eigenvalue weighted by Gasteiger charge is 2.35. The Labute approximate surface area is 196 Å². The van der Waals surface area contributed by atoms with E-state index in [-0.39, 0.29) is 25.7 Å². The number of benzene rings is 2. The van der Waals surface area contributed by atoms with Gasteiger partial charge in [0.15, 0.2) is 6.10 Å². The second-order valence-electron chi connectivity index (χ2n) is 7.64. The van der Waals surface area contributed by atoms with Gasteiger partial charge >= 0.3 is 5.97 Å². The Balaban J connectivity index is 1.48. The summed E-state index contributed by atoms with van der Waals surface area (Å²) in [6.07, 6.45) is -0.137. The minimum atomic E-state index is -0.638. The van der Waals surface area contributed by atoms with Crippen LogP contribution in [-0.4, -0.2) is 42.7 Å². The van der Waals surface area contributed by atoms with Gasteiger partial charge in [-0.15, -0.1) is 11.3 Å². The second kappa shape index (κ2) is 10.0. The summed E-state index contributed by atoms with van der Waals surface area (Å²) in [7, 11) is 0. The first-order chi connectivity index (χ1) is 16.0. The Hall–Kier alpha value is -3.39. The first-order valence-corrected chi connectivity index (χ1v) is 11.7. The molecule has 0 N–H and O–H groups in total. The summed E-state index contributed by atoms with van der Waals surface area (Å²) in [5.41, 5.74) is 2.28. The lowest BCUT2D eigenvalue weighted by Gasteiger charge is -2.33. The van der Waals surface area contributed by atoms with Crippen molar-refractivity contribution < 1.29 is 23.8 Å². The molecule has 0 radical (unpaired) electrons. The van der Waals surface area contributed by atoms with E-state index < -0.39 is 12.1 Å². The predicted octanol–water partition coefficient (Wildman–Crippen LogP) is 4.55. The molecule has 0 fully saturated rings. The van der Waals surface area contributed by atoms with E-state index in [1.807, 2.05) is 69.3 Å². The maximum atomic E-state index is 13.0. The van der Waals surface area contributed by atoms with E-state index in [9.17, 15) is 9.59 Å². The fraction of sp³-hybridized carbons (Fsp3) is 0.320. The summed E-state index contributed by atoms with van der Waals surface area (Å²) >= 11 is 1.62. The Morgan fingerprint density at radius 2 is 1.94 bits per heavy atom. The molecular formula is C25H26N2O5S. The van der Waals surface area contributed by atoms with Gasteiger partial charge in [0, 0.05) is 10.4 Å². The Morgan fingerprint density at radius 1 is 1.15 bits per heavy atom. The molecule has 0 aliphatic carbocycles. The van der Waals surface area contributed by atoms with E-state index in [0.717, 1.165) is 21.1 Å². The molecule has 0 saturated heterocycles. The number of aryl methyl sites for hydroxylation is 2. The summed E-state index contributed by atoms with van der Waals surface area (Å²) in [5, 5.41) is 0.969. The van der Waals surface area contributed by atoms with Gasteiger partial charge in [-0.05, 0) is 50.6 Å². The van der Waals surface area contributed by atoms with Gasteiger partial charge in [0.1, 0.15) is 31.3 Å². The average molecular weight is 467 g/mol. The standard InChI is InChI=1S/C25H26N2O5S/c1-4-21-25(29)27(15-23(28)31-13-12-30-19-8-6-5-7-9-19)20-14-18(10-11-22(20)32-21)24-16(2)33-17(3)26-24/h5-11,14,21H,4,12-13,15H2,1-3H3. The van der Waals surface area contributed by atoms with E-state index in [4.69, 9.17) is 14.2 Å². The molecule has 0 bridgehead atoms. The lowest BCUT2D eigenvalue weighted by molar-refractivity contribution is -0.144. The molecule has 3 aromatic rings. The van der Waals surface area contributed by atoms with Crippen LogP contribution in [0.3, 0.4) is 0 Å². The van der Waals surface area contributed by atoms with Gasteiger partial charge < -0.3 is 14.2 Å². The van der Waals surface area contributed by atoms with Gasteiger partial charge in [-0.3, -0.25) is 14.5 Å². The van der Waals surface area contributed by atoms with Crippen LogP contribution >= 0.6 is 11.3 Å². The number of hydrogen-bond acceptors (Lipinski definition) is 7. The zero-order valence-corrected chi connectivity index (χ0v) is 19.7. The number of nitrogens with zero attached hydrogens (tertiary/aromatic N) is 2. The maximum absolute atomic E-state index is 13.0. The van der Waals surface area contributed by atoms with Crippen LogP contribution in [0.2, 0.25) is 0 Å². The van der Waals surface area contributed by atoms with Gasteiger partial charge in [0.05, 0.1) is 16.4 Å². The maximum Gasteiger partial charge on any atom is 0.326 e. The minimum Gasteiger partial charge on any atom is -0.490 e. The molecule has 1 aliphatic rings. The van der Waals surface area contributed by atoms with Gasteiger partial charge in [-0.1, -0.05) is 25.1 Å². The van der Waals surface area contributed by atoms with Crippen LogP contribution in [-0.2, 0) is 14.3 Å². The van der Waals surface area contributed by atoms with Crippen LogP contribution in [0.25, 0.3) is 11.3 Å². The van der Waals surface area contributed by atoms with Crippen molar-refractivity contribution in [2.75, 3.05) is 24.7 Å². The highest BCUT2D eigenvalue weighted by Crippen LogP contribution is 2.39. The topological polar surface area (TPSA) is 78.0 Å². The van der Waals surface area contributed by atoms with Crippen LogP contribution in [0.15, 0.2) is 48.5 Å². The fourth-order valence-corrected chi connectivity index (χ4v) is 4.54. The van der Waals surface area contributed by atoms with Crippen molar-refractivity contribution in [3.63, 3.8) is 0 Å². The number of thiazole rings is 1. The number of amides is 1. The molecule has 172 valence electrons. The van der Waals surface area contributed by atoms with Crippen molar-refractivity contribution in [2.45, 2.75) is 33.3 Å². The third kappa shape index (κ3) is 5.17. The minimum absolute atomic E-state index is 0.0909. The smallest absolute Gasteiger partial charge is 0.326 e. The van der Waals surface area contributed by atoms with E-state index in [1.54, 1.807) is 11.3 Å². The average Bonchev–Trinajstić information content (AvgIpc) is 3.16. The summed E-state index contributed by atoms with van der Waals surface area (Å²) in [6.45, 7) is 5.97.